The van der Waals surface area contributed by atoms with E-state index in [1.165, 1.54) is 0 Å². The molecule has 0 aromatic heterocycles. The summed E-state index contributed by atoms with van der Waals surface area (Å²) in [7, 11) is 3.22. The molecule has 0 saturated carbocycles. The van der Waals surface area contributed by atoms with Gasteiger partial charge in [0.25, 0.3) is 5.91 Å². The van der Waals surface area contributed by atoms with Crippen LogP contribution in [0.5, 0.6) is 11.5 Å². The highest BCUT2D eigenvalue weighted by molar-refractivity contribution is 5.95. The Balaban J connectivity index is 1.86. The Kier molecular flexibility index (Phi) is 15.2. The van der Waals surface area contributed by atoms with Gasteiger partial charge in [-0.15, -0.1) is 0 Å². The van der Waals surface area contributed by atoms with Crippen LogP contribution in [0.1, 0.15) is 83.7 Å². The van der Waals surface area contributed by atoms with E-state index in [0.717, 1.165) is 5.56 Å². The molecule has 10 heteroatoms. The van der Waals surface area contributed by atoms with E-state index in [4.69, 9.17) is 18.9 Å². The molecule has 1 heterocycles. The maximum Gasteiger partial charge on any atom is 0.410 e. The molecule has 3 amide bonds. The summed E-state index contributed by atoms with van der Waals surface area (Å²) < 4.78 is 22.4. The van der Waals surface area contributed by atoms with Gasteiger partial charge in [-0.2, -0.15) is 0 Å². The lowest BCUT2D eigenvalue weighted by Gasteiger charge is -2.33. The molecule has 0 spiro atoms. The fourth-order valence-corrected chi connectivity index (χ4v) is 6.36. The van der Waals surface area contributed by atoms with Crippen molar-refractivity contribution in [3.05, 3.63) is 59.7 Å². The lowest BCUT2D eigenvalue weighted by atomic mass is 9.84. The van der Waals surface area contributed by atoms with Crippen molar-refractivity contribution in [2.45, 2.75) is 85.9 Å². The number of methoxy groups -OCH3 is 2. The number of rotatable bonds is 17. The fraction of sp³-hybridized carbons (Fsp3) is 0.615. The Morgan fingerprint density at radius 3 is 2.22 bits per heavy atom. The van der Waals surface area contributed by atoms with E-state index >= 15 is 0 Å². The minimum Gasteiger partial charge on any atom is -0.493 e. The van der Waals surface area contributed by atoms with Gasteiger partial charge in [-0.05, 0) is 90.0 Å². The molecule has 2 aromatic carbocycles. The second-order valence-electron chi connectivity index (χ2n) is 14.2. The van der Waals surface area contributed by atoms with E-state index in [1.54, 1.807) is 37.3 Å². The first-order valence-corrected chi connectivity index (χ1v) is 17.7. The van der Waals surface area contributed by atoms with Crippen LogP contribution in [-0.2, 0) is 20.8 Å². The van der Waals surface area contributed by atoms with Gasteiger partial charge in [0.15, 0.2) is 11.5 Å². The smallest absolute Gasteiger partial charge is 0.410 e. The van der Waals surface area contributed by atoms with Crippen LogP contribution in [0, 0.1) is 17.8 Å². The fourth-order valence-electron chi connectivity index (χ4n) is 6.36. The van der Waals surface area contributed by atoms with Gasteiger partial charge in [-0.25, -0.2) is 4.79 Å². The Labute approximate surface area is 294 Å². The molecule has 10 nitrogen and oxygen atoms in total. The highest BCUT2D eigenvalue weighted by Crippen LogP contribution is 2.34. The topological polar surface area (TPSA) is 97.9 Å². The normalized spacial score (nSPS) is 16.7. The summed E-state index contributed by atoms with van der Waals surface area (Å²) in [5.74, 6) is 0.793. The highest BCUT2D eigenvalue weighted by atomic mass is 16.6. The maximum atomic E-state index is 14.1. The van der Waals surface area contributed by atoms with E-state index in [0.29, 0.717) is 82.3 Å². The molecule has 1 fully saturated rings. The molecule has 1 saturated heterocycles. The minimum atomic E-state index is -0.636. The number of hydrogen-bond donors (Lipinski definition) is 0. The molecule has 0 unspecified atom stereocenters. The molecular formula is C39H59N3O7. The Morgan fingerprint density at radius 1 is 0.939 bits per heavy atom. The van der Waals surface area contributed by atoms with E-state index in [2.05, 4.69) is 6.92 Å². The van der Waals surface area contributed by atoms with Crippen molar-refractivity contribution in [1.29, 1.82) is 0 Å². The van der Waals surface area contributed by atoms with Crippen LogP contribution < -0.4 is 9.47 Å². The summed E-state index contributed by atoms with van der Waals surface area (Å²) in [6, 6.07) is 15.2. The Hall–Kier alpha value is -3.79. The molecule has 0 N–H and O–H groups in total. The van der Waals surface area contributed by atoms with Crippen LogP contribution in [0.15, 0.2) is 48.5 Å². The van der Waals surface area contributed by atoms with Crippen molar-refractivity contribution >= 4 is 17.9 Å². The van der Waals surface area contributed by atoms with Gasteiger partial charge in [-0.1, -0.05) is 37.3 Å². The molecule has 0 radical (unpaired) electrons. The van der Waals surface area contributed by atoms with Crippen molar-refractivity contribution in [3.63, 3.8) is 0 Å². The zero-order chi connectivity index (χ0) is 36.1. The van der Waals surface area contributed by atoms with Gasteiger partial charge in [0.05, 0.1) is 13.7 Å². The minimum absolute atomic E-state index is 0.00134. The second kappa shape index (κ2) is 18.8. The number of carbonyl (C=O) groups excluding carboxylic acids is 3. The second-order valence-corrected chi connectivity index (χ2v) is 14.2. The molecule has 49 heavy (non-hydrogen) atoms. The zero-order valence-corrected chi connectivity index (χ0v) is 31.2. The predicted octanol–water partition coefficient (Wildman–Crippen LogP) is 6.91. The summed E-state index contributed by atoms with van der Waals surface area (Å²) >= 11 is 0. The SMILES string of the molecule is CC[C@H](C[C@@H]1CN(C(=O)OC(C)(C)C)C[C@H]1CN(C(=O)c1ccc(OC)c(OCCCOC)c1)C(C)C)C(=O)N(CC)Cc1ccccc1. The van der Waals surface area contributed by atoms with Crippen molar-refractivity contribution in [3.8, 4) is 11.5 Å². The molecule has 3 rings (SSSR count). The van der Waals surface area contributed by atoms with Crippen molar-refractivity contribution in [1.82, 2.24) is 14.7 Å². The van der Waals surface area contributed by atoms with Crippen LogP contribution in [0.4, 0.5) is 4.79 Å². The number of hydrogen-bond acceptors (Lipinski definition) is 7. The summed E-state index contributed by atoms with van der Waals surface area (Å²) in [5, 5.41) is 0. The van der Waals surface area contributed by atoms with Gasteiger partial charge in [0.2, 0.25) is 5.91 Å². The van der Waals surface area contributed by atoms with Crippen molar-refractivity contribution in [2.75, 3.05) is 53.6 Å². The average Bonchev–Trinajstić information content (AvgIpc) is 3.48. The maximum absolute atomic E-state index is 14.1. The first-order valence-electron chi connectivity index (χ1n) is 17.7. The number of ether oxygens (including phenoxy) is 4. The van der Waals surface area contributed by atoms with Crippen molar-refractivity contribution < 1.29 is 33.3 Å². The van der Waals surface area contributed by atoms with Gasteiger partial charge in [-0.3, -0.25) is 9.59 Å². The lowest BCUT2D eigenvalue weighted by molar-refractivity contribution is -0.136. The largest absolute Gasteiger partial charge is 0.493 e. The lowest BCUT2D eigenvalue weighted by Crippen LogP contribution is -2.43. The molecule has 0 aliphatic carbocycles. The third kappa shape index (κ3) is 11.7. The van der Waals surface area contributed by atoms with E-state index in [-0.39, 0.29) is 41.7 Å². The van der Waals surface area contributed by atoms with Crippen LogP contribution in [0.25, 0.3) is 0 Å². The third-order valence-electron chi connectivity index (χ3n) is 9.04. The first kappa shape index (κ1) is 39.6. The van der Waals surface area contributed by atoms with Gasteiger partial charge < -0.3 is 33.6 Å². The Morgan fingerprint density at radius 2 is 1.63 bits per heavy atom. The number of amides is 3. The monoisotopic (exact) mass is 681 g/mol. The van der Waals surface area contributed by atoms with Gasteiger partial charge in [0, 0.05) is 70.4 Å². The summed E-state index contributed by atoms with van der Waals surface area (Å²) in [5.41, 5.74) is 0.954. The number of carbonyl (C=O) groups is 3. The molecule has 2 aromatic rings. The van der Waals surface area contributed by atoms with Crippen LogP contribution >= 0.6 is 0 Å². The first-order chi connectivity index (χ1) is 23.3. The quantitative estimate of drug-likeness (QED) is 0.168. The van der Waals surface area contributed by atoms with E-state index in [1.807, 2.05) is 81.7 Å². The van der Waals surface area contributed by atoms with E-state index < -0.39 is 5.60 Å². The summed E-state index contributed by atoms with van der Waals surface area (Å²) in [6.45, 7) is 17.1. The molecule has 0 bridgehead atoms. The van der Waals surface area contributed by atoms with Crippen LogP contribution in [0.2, 0.25) is 0 Å². The zero-order valence-electron chi connectivity index (χ0n) is 31.2. The van der Waals surface area contributed by atoms with Crippen LogP contribution in [0.3, 0.4) is 0 Å². The molecule has 3 atom stereocenters. The van der Waals surface area contributed by atoms with Crippen LogP contribution in [-0.4, -0.2) is 97.9 Å². The third-order valence-corrected chi connectivity index (χ3v) is 9.04. The molecule has 1 aliphatic rings. The number of benzene rings is 2. The summed E-state index contributed by atoms with van der Waals surface area (Å²) in [4.78, 5) is 46.9. The van der Waals surface area contributed by atoms with Gasteiger partial charge >= 0.3 is 6.09 Å². The predicted molar refractivity (Wildman–Crippen MR) is 192 cm³/mol. The molecular weight excluding hydrogens is 622 g/mol. The standard InChI is InChI=1S/C39H59N3O7/c1-10-30(36(43)40(11-2)24-29-16-13-12-14-17-29)22-32-25-41(38(45)49-39(5,6)7)26-33(32)27-42(28(3)4)37(44)31-18-19-34(47-9)35(23-31)48-21-15-20-46-8/h12-14,16-19,23,28,30,32-33H,10-11,15,20-22,24-27H2,1-9H3/t30-,32-,33+/m1/s1. The highest BCUT2D eigenvalue weighted by Gasteiger charge is 2.41. The average molecular weight is 682 g/mol. The number of likely N-dealkylation sites (tertiary alicyclic amines) is 1. The van der Waals surface area contributed by atoms with E-state index in [9.17, 15) is 14.4 Å². The number of nitrogens with zero attached hydrogens (tertiary/aromatic N) is 3. The molecule has 272 valence electrons. The van der Waals surface area contributed by atoms with Crippen molar-refractivity contribution in [2.24, 2.45) is 17.8 Å². The summed E-state index contributed by atoms with van der Waals surface area (Å²) in [6.07, 6.45) is 1.64. The Bertz CT molecular complexity index is 1340. The molecule has 1 aliphatic heterocycles. The van der Waals surface area contributed by atoms with Gasteiger partial charge in [0.1, 0.15) is 5.60 Å².